The number of nitrogens with one attached hydrogen (secondary N) is 2. The van der Waals surface area contributed by atoms with E-state index in [1.54, 1.807) is 18.3 Å². The smallest absolute Gasteiger partial charge is 0.271 e. The molecule has 0 saturated carbocycles. The Morgan fingerprint density at radius 1 is 1.11 bits per heavy atom. The molecule has 0 bridgehead atoms. The van der Waals surface area contributed by atoms with Gasteiger partial charge < -0.3 is 14.8 Å². The largest absolute Gasteiger partial charge is 0.490 e. The van der Waals surface area contributed by atoms with E-state index in [-0.39, 0.29) is 5.91 Å². The number of hydrogen-bond donors (Lipinski definition) is 2. The third-order valence-electron chi connectivity index (χ3n) is 5.20. The predicted octanol–water partition coefficient (Wildman–Crippen LogP) is 7.92. The molecule has 1 aromatic heterocycles. The highest BCUT2D eigenvalue weighted by molar-refractivity contribution is 9.10. The number of thiazole rings is 1. The number of hydrazone groups is 1. The second kappa shape index (κ2) is 13.4. The summed E-state index contributed by atoms with van der Waals surface area (Å²) in [5, 5.41) is 10.8. The van der Waals surface area contributed by atoms with Gasteiger partial charge in [-0.25, -0.2) is 10.4 Å². The van der Waals surface area contributed by atoms with Gasteiger partial charge in [-0.2, -0.15) is 5.10 Å². The molecule has 196 valence electrons. The lowest BCUT2D eigenvalue weighted by atomic mass is 10.1. The van der Waals surface area contributed by atoms with Crippen LogP contribution in [0.15, 0.2) is 75.6 Å². The van der Waals surface area contributed by atoms with Crippen LogP contribution < -0.4 is 20.2 Å². The van der Waals surface area contributed by atoms with Gasteiger partial charge in [0.25, 0.3) is 5.91 Å². The Morgan fingerprint density at radius 2 is 1.87 bits per heavy atom. The van der Waals surface area contributed by atoms with Crippen LogP contribution in [-0.2, 0) is 0 Å². The first-order chi connectivity index (χ1) is 18.5. The van der Waals surface area contributed by atoms with Gasteiger partial charge in [0.2, 0.25) is 0 Å². The molecule has 1 heterocycles. The van der Waals surface area contributed by atoms with Gasteiger partial charge in [-0.1, -0.05) is 30.7 Å². The van der Waals surface area contributed by atoms with E-state index in [1.165, 1.54) is 11.3 Å². The molecule has 0 saturated heterocycles. The summed E-state index contributed by atoms with van der Waals surface area (Å²) in [5.41, 5.74) is 6.45. The van der Waals surface area contributed by atoms with E-state index in [4.69, 9.17) is 21.1 Å². The number of carbonyl (C=O) groups is 1. The maximum atomic E-state index is 12.6. The molecule has 0 aliphatic heterocycles. The zero-order chi connectivity index (χ0) is 26.9. The SMILES string of the molecule is CCCOc1c(Br)cc(/C=N\NC(=O)c2ccc(-c3csc(Nc4ccc(Cl)cc4)n3)cc2)cc1OCC. The Labute approximate surface area is 239 Å². The van der Waals surface area contributed by atoms with Crippen LogP contribution in [0.5, 0.6) is 11.5 Å². The summed E-state index contributed by atoms with van der Waals surface area (Å²) >= 11 is 11.0. The second-order valence-electron chi connectivity index (χ2n) is 8.06. The van der Waals surface area contributed by atoms with Crippen molar-refractivity contribution >= 4 is 61.8 Å². The Hall–Kier alpha value is -3.40. The molecule has 7 nitrogen and oxygen atoms in total. The van der Waals surface area contributed by atoms with Crippen molar-refractivity contribution in [1.82, 2.24) is 10.4 Å². The van der Waals surface area contributed by atoms with Crippen molar-refractivity contribution in [3.05, 3.63) is 86.7 Å². The lowest BCUT2D eigenvalue weighted by Gasteiger charge is -2.14. The van der Waals surface area contributed by atoms with Crippen LogP contribution in [0.4, 0.5) is 10.8 Å². The number of halogens is 2. The van der Waals surface area contributed by atoms with Crippen LogP contribution in [-0.4, -0.2) is 30.3 Å². The number of hydrogen-bond acceptors (Lipinski definition) is 7. The molecular weight excluding hydrogens is 588 g/mol. The van der Waals surface area contributed by atoms with Gasteiger partial charge in [0.1, 0.15) is 0 Å². The zero-order valence-corrected chi connectivity index (χ0v) is 24.0. The minimum atomic E-state index is -0.317. The first kappa shape index (κ1) is 27.6. The standard InChI is InChI=1S/C28H26BrClN4O3S/c1-3-13-37-26-23(29)14-18(15-25(26)36-4-2)16-31-34-27(35)20-7-5-19(6-8-20)24-17-38-28(33-24)32-22-11-9-21(30)10-12-22/h5-12,14-17H,3-4,13H2,1-2H3,(H,32,33)(H,34,35)/b31-16-. The minimum absolute atomic E-state index is 0.317. The third kappa shape index (κ3) is 7.34. The molecule has 4 aromatic rings. The number of aromatic nitrogens is 1. The predicted molar refractivity (Wildman–Crippen MR) is 158 cm³/mol. The average molecular weight is 614 g/mol. The van der Waals surface area contributed by atoms with Crippen LogP contribution in [0.2, 0.25) is 5.02 Å². The summed E-state index contributed by atoms with van der Waals surface area (Å²) in [4.78, 5) is 17.2. The van der Waals surface area contributed by atoms with Crippen LogP contribution >= 0.6 is 38.9 Å². The molecule has 2 N–H and O–H groups in total. The summed E-state index contributed by atoms with van der Waals surface area (Å²) in [6, 6.07) is 18.3. The highest BCUT2D eigenvalue weighted by atomic mass is 79.9. The van der Waals surface area contributed by atoms with Crippen molar-refractivity contribution in [3.63, 3.8) is 0 Å². The van der Waals surface area contributed by atoms with Crippen molar-refractivity contribution in [2.24, 2.45) is 5.10 Å². The molecule has 0 radical (unpaired) electrons. The van der Waals surface area contributed by atoms with Crippen molar-refractivity contribution in [3.8, 4) is 22.8 Å². The number of nitrogens with zero attached hydrogens (tertiary/aromatic N) is 2. The van der Waals surface area contributed by atoms with Crippen molar-refractivity contribution in [1.29, 1.82) is 0 Å². The van der Waals surface area contributed by atoms with Crippen molar-refractivity contribution < 1.29 is 14.3 Å². The Kier molecular flexibility index (Phi) is 9.75. The van der Waals surface area contributed by atoms with Gasteiger partial charge >= 0.3 is 0 Å². The Bertz CT molecular complexity index is 1410. The topological polar surface area (TPSA) is 84.8 Å². The lowest BCUT2D eigenvalue weighted by Crippen LogP contribution is -2.17. The molecule has 0 unspecified atom stereocenters. The molecule has 38 heavy (non-hydrogen) atoms. The second-order valence-corrected chi connectivity index (χ2v) is 10.2. The Balaban J connectivity index is 1.37. The van der Waals surface area contributed by atoms with Crippen LogP contribution in [0.25, 0.3) is 11.3 Å². The van der Waals surface area contributed by atoms with E-state index in [0.29, 0.717) is 35.3 Å². The first-order valence-corrected chi connectivity index (χ1v) is 14.0. The number of carbonyl (C=O) groups excluding carboxylic acids is 1. The van der Waals surface area contributed by atoms with E-state index in [0.717, 1.165) is 38.5 Å². The molecular formula is C28H26BrClN4O3S. The lowest BCUT2D eigenvalue weighted by molar-refractivity contribution is 0.0955. The molecule has 0 aliphatic rings. The van der Waals surface area contributed by atoms with E-state index in [1.807, 2.05) is 67.8 Å². The number of benzene rings is 3. The van der Waals surface area contributed by atoms with Gasteiger partial charge in [-0.05, 0) is 83.4 Å². The van der Waals surface area contributed by atoms with Gasteiger partial charge in [0, 0.05) is 27.2 Å². The number of amides is 1. The molecule has 0 fully saturated rings. The van der Waals surface area contributed by atoms with E-state index in [2.05, 4.69) is 36.8 Å². The summed E-state index contributed by atoms with van der Waals surface area (Å²) in [6.45, 7) is 5.05. The van der Waals surface area contributed by atoms with Crippen LogP contribution in [0, 0.1) is 0 Å². The quantitative estimate of drug-likeness (QED) is 0.133. The minimum Gasteiger partial charge on any atom is -0.490 e. The van der Waals surface area contributed by atoms with E-state index in [9.17, 15) is 4.79 Å². The van der Waals surface area contributed by atoms with E-state index < -0.39 is 0 Å². The van der Waals surface area contributed by atoms with E-state index >= 15 is 0 Å². The fraction of sp³-hybridized carbons (Fsp3) is 0.179. The summed E-state index contributed by atoms with van der Waals surface area (Å²) < 4.78 is 12.3. The molecule has 4 rings (SSSR count). The highest BCUT2D eigenvalue weighted by Gasteiger charge is 2.12. The van der Waals surface area contributed by atoms with Crippen LogP contribution in [0.1, 0.15) is 36.2 Å². The first-order valence-electron chi connectivity index (χ1n) is 12.0. The summed E-state index contributed by atoms with van der Waals surface area (Å²) in [5.74, 6) is 0.957. The average Bonchev–Trinajstić information content (AvgIpc) is 3.38. The monoisotopic (exact) mass is 612 g/mol. The highest BCUT2D eigenvalue weighted by Crippen LogP contribution is 2.36. The van der Waals surface area contributed by atoms with Gasteiger partial charge in [-0.15, -0.1) is 11.3 Å². The normalized spacial score (nSPS) is 10.9. The molecule has 10 heteroatoms. The third-order valence-corrected chi connectivity index (χ3v) is 6.80. The number of anilines is 2. The molecule has 0 spiro atoms. The number of ether oxygens (including phenoxy) is 2. The maximum absolute atomic E-state index is 12.6. The summed E-state index contributed by atoms with van der Waals surface area (Å²) in [7, 11) is 0. The zero-order valence-electron chi connectivity index (χ0n) is 20.8. The summed E-state index contributed by atoms with van der Waals surface area (Å²) in [6.07, 6.45) is 2.45. The van der Waals surface area contributed by atoms with Gasteiger partial charge in [0.05, 0.1) is 29.6 Å². The fourth-order valence-corrected chi connectivity index (χ4v) is 4.85. The van der Waals surface area contributed by atoms with Gasteiger partial charge in [-0.3, -0.25) is 4.79 Å². The molecule has 3 aromatic carbocycles. The van der Waals surface area contributed by atoms with Crippen molar-refractivity contribution in [2.45, 2.75) is 20.3 Å². The number of rotatable bonds is 11. The fourth-order valence-electron chi connectivity index (χ4n) is 3.41. The maximum Gasteiger partial charge on any atom is 0.271 e. The molecule has 0 atom stereocenters. The van der Waals surface area contributed by atoms with Crippen molar-refractivity contribution in [2.75, 3.05) is 18.5 Å². The molecule has 1 amide bonds. The van der Waals surface area contributed by atoms with Crippen LogP contribution in [0.3, 0.4) is 0 Å². The van der Waals surface area contributed by atoms with Gasteiger partial charge in [0.15, 0.2) is 16.6 Å². The Morgan fingerprint density at radius 3 is 2.58 bits per heavy atom. The molecule has 0 aliphatic carbocycles.